The van der Waals surface area contributed by atoms with Crippen LogP contribution in [0.5, 0.6) is 17.2 Å². The van der Waals surface area contributed by atoms with Crippen molar-refractivity contribution in [1.29, 1.82) is 0 Å². The summed E-state index contributed by atoms with van der Waals surface area (Å²) >= 11 is 0. The van der Waals surface area contributed by atoms with E-state index in [-0.39, 0.29) is 17.2 Å². The van der Waals surface area contributed by atoms with Crippen LogP contribution in [0.1, 0.15) is 12.5 Å². The number of rotatable bonds is 4. The van der Waals surface area contributed by atoms with Crippen LogP contribution in [-0.4, -0.2) is 6.61 Å². The second kappa shape index (κ2) is 5.95. The predicted molar refractivity (Wildman–Crippen MR) is 73.5 cm³/mol. The zero-order valence-corrected chi connectivity index (χ0v) is 11.3. The maximum atomic E-state index is 13.0. The highest BCUT2D eigenvalue weighted by atomic mass is 19.4. The van der Waals surface area contributed by atoms with E-state index in [1.165, 1.54) is 18.2 Å². The van der Waals surface area contributed by atoms with E-state index in [1.807, 2.05) is 6.92 Å². The zero-order valence-electron chi connectivity index (χ0n) is 11.3. The average molecular weight is 297 g/mol. The number of ether oxygens (including phenoxy) is 2. The summed E-state index contributed by atoms with van der Waals surface area (Å²) in [5.74, 6) is 0.487. The van der Waals surface area contributed by atoms with Gasteiger partial charge < -0.3 is 15.2 Å². The van der Waals surface area contributed by atoms with Crippen molar-refractivity contribution in [3.8, 4) is 17.2 Å². The minimum Gasteiger partial charge on any atom is -0.494 e. The van der Waals surface area contributed by atoms with Crippen LogP contribution in [0.25, 0.3) is 0 Å². The summed E-state index contributed by atoms with van der Waals surface area (Å²) in [5.41, 5.74) is 4.52. The smallest absolute Gasteiger partial charge is 0.420 e. The van der Waals surface area contributed by atoms with Crippen LogP contribution in [0.3, 0.4) is 0 Å². The summed E-state index contributed by atoms with van der Waals surface area (Å²) in [6.45, 7) is 2.27. The number of benzene rings is 2. The normalized spacial score (nSPS) is 11.2. The SMILES string of the molecule is CCOc1cccc(Oc2ccc(N)cc2C(F)(F)F)c1. The van der Waals surface area contributed by atoms with Crippen LogP contribution in [0.15, 0.2) is 42.5 Å². The molecule has 2 aromatic rings. The third-order valence-corrected chi connectivity index (χ3v) is 2.65. The van der Waals surface area contributed by atoms with Crippen LogP contribution >= 0.6 is 0 Å². The summed E-state index contributed by atoms with van der Waals surface area (Å²) in [6, 6.07) is 9.83. The molecule has 0 aromatic heterocycles. The van der Waals surface area contributed by atoms with E-state index in [2.05, 4.69) is 0 Å². The molecule has 0 aliphatic rings. The Kier molecular flexibility index (Phi) is 4.26. The van der Waals surface area contributed by atoms with Crippen molar-refractivity contribution in [1.82, 2.24) is 0 Å². The molecule has 112 valence electrons. The number of hydrogen-bond acceptors (Lipinski definition) is 3. The fraction of sp³-hybridized carbons (Fsp3) is 0.200. The van der Waals surface area contributed by atoms with E-state index < -0.39 is 11.7 Å². The molecule has 0 aliphatic heterocycles. The van der Waals surface area contributed by atoms with Gasteiger partial charge in [-0.25, -0.2) is 0 Å². The first-order chi connectivity index (χ1) is 9.90. The minimum absolute atomic E-state index is 0.0257. The molecule has 6 heteroatoms. The summed E-state index contributed by atoms with van der Waals surface area (Å²) in [7, 11) is 0. The highest BCUT2D eigenvalue weighted by Gasteiger charge is 2.34. The summed E-state index contributed by atoms with van der Waals surface area (Å²) in [4.78, 5) is 0. The van der Waals surface area contributed by atoms with Gasteiger partial charge in [-0.1, -0.05) is 6.07 Å². The van der Waals surface area contributed by atoms with E-state index >= 15 is 0 Å². The molecule has 0 saturated heterocycles. The van der Waals surface area contributed by atoms with Gasteiger partial charge in [-0.05, 0) is 37.3 Å². The van der Waals surface area contributed by atoms with Crippen molar-refractivity contribution in [3.05, 3.63) is 48.0 Å². The topological polar surface area (TPSA) is 44.5 Å². The van der Waals surface area contributed by atoms with Gasteiger partial charge in [-0.3, -0.25) is 0 Å². The van der Waals surface area contributed by atoms with Crippen molar-refractivity contribution in [2.45, 2.75) is 13.1 Å². The van der Waals surface area contributed by atoms with Crippen LogP contribution in [0.2, 0.25) is 0 Å². The first-order valence-corrected chi connectivity index (χ1v) is 6.27. The molecule has 0 amide bonds. The Hall–Kier alpha value is -2.37. The van der Waals surface area contributed by atoms with Crippen LogP contribution in [0, 0.1) is 0 Å². The van der Waals surface area contributed by atoms with Gasteiger partial charge >= 0.3 is 6.18 Å². The molecule has 2 N–H and O–H groups in total. The van der Waals surface area contributed by atoms with E-state index in [9.17, 15) is 13.2 Å². The molecule has 0 fully saturated rings. The molecule has 0 heterocycles. The maximum absolute atomic E-state index is 13.0. The van der Waals surface area contributed by atoms with E-state index in [0.717, 1.165) is 6.07 Å². The molecule has 2 rings (SSSR count). The maximum Gasteiger partial charge on any atom is 0.420 e. The van der Waals surface area contributed by atoms with Crippen molar-refractivity contribution >= 4 is 5.69 Å². The van der Waals surface area contributed by atoms with Gasteiger partial charge in [-0.15, -0.1) is 0 Å². The number of nitrogen functional groups attached to an aromatic ring is 1. The molecule has 21 heavy (non-hydrogen) atoms. The van der Waals surface area contributed by atoms with Crippen molar-refractivity contribution in [2.24, 2.45) is 0 Å². The molecule has 2 aromatic carbocycles. The van der Waals surface area contributed by atoms with E-state index in [1.54, 1.807) is 18.2 Å². The van der Waals surface area contributed by atoms with Crippen LogP contribution in [0.4, 0.5) is 18.9 Å². The Bertz CT molecular complexity index is 627. The molecule has 0 radical (unpaired) electrons. The second-order valence-corrected chi connectivity index (χ2v) is 4.26. The molecule has 3 nitrogen and oxygen atoms in total. The zero-order chi connectivity index (χ0) is 15.5. The van der Waals surface area contributed by atoms with Crippen LogP contribution < -0.4 is 15.2 Å². The fourth-order valence-electron chi connectivity index (χ4n) is 1.78. The molecule has 0 bridgehead atoms. The number of alkyl halides is 3. The van der Waals surface area contributed by atoms with Crippen molar-refractivity contribution < 1.29 is 22.6 Å². The number of hydrogen-bond donors (Lipinski definition) is 1. The monoisotopic (exact) mass is 297 g/mol. The first-order valence-electron chi connectivity index (χ1n) is 6.27. The average Bonchev–Trinajstić information content (AvgIpc) is 2.40. The van der Waals surface area contributed by atoms with Gasteiger partial charge in [0.15, 0.2) is 0 Å². The number of anilines is 1. The van der Waals surface area contributed by atoms with Gasteiger partial charge in [0.25, 0.3) is 0 Å². The molecular formula is C15H14F3NO2. The number of halogens is 3. The van der Waals surface area contributed by atoms with E-state index in [0.29, 0.717) is 12.4 Å². The molecular weight excluding hydrogens is 283 g/mol. The predicted octanol–water partition coefficient (Wildman–Crippen LogP) is 4.48. The molecule has 0 saturated carbocycles. The molecule has 0 atom stereocenters. The summed E-state index contributed by atoms with van der Waals surface area (Å²) < 4.78 is 49.5. The lowest BCUT2D eigenvalue weighted by Crippen LogP contribution is -2.08. The van der Waals surface area contributed by atoms with Gasteiger partial charge in [0.1, 0.15) is 22.8 Å². The van der Waals surface area contributed by atoms with Crippen LogP contribution in [-0.2, 0) is 6.18 Å². The lowest BCUT2D eigenvalue weighted by Gasteiger charge is -2.14. The van der Waals surface area contributed by atoms with Gasteiger partial charge in [-0.2, -0.15) is 13.2 Å². The fourth-order valence-corrected chi connectivity index (χ4v) is 1.78. The third kappa shape index (κ3) is 3.81. The largest absolute Gasteiger partial charge is 0.494 e. The van der Waals surface area contributed by atoms with E-state index in [4.69, 9.17) is 15.2 Å². The van der Waals surface area contributed by atoms with Crippen molar-refractivity contribution in [2.75, 3.05) is 12.3 Å². The lowest BCUT2D eigenvalue weighted by atomic mass is 10.1. The van der Waals surface area contributed by atoms with Crippen molar-refractivity contribution in [3.63, 3.8) is 0 Å². The third-order valence-electron chi connectivity index (χ3n) is 2.65. The minimum atomic E-state index is -4.54. The summed E-state index contributed by atoms with van der Waals surface area (Å²) in [6.07, 6.45) is -4.54. The first kappa shape index (κ1) is 15.0. The summed E-state index contributed by atoms with van der Waals surface area (Å²) in [5, 5.41) is 0. The lowest BCUT2D eigenvalue weighted by molar-refractivity contribution is -0.138. The number of nitrogens with two attached hydrogens (primary N) is 1. The Morgan fingerprint density at radius 1 is 1.05 bits per heavy atom. The van der Waals surface area contributed by atoms with Gasteiger partial charge in [0.05, 0.1) is 6.61 Å². The second-order valence-electron chi connectivity index (χ2n) is 4.26. The molecule has 0 unspecified atom stereocenters. The standard InChI is InChI=1S/C15H14F3NO2/c1-2-20-11-4-3-5-12(9-11)21-14-7-6-10(19)8-13(14)15(16,17)18/h3-9H,2,19H2,1H3. The highest BCUT2D eigenvalue weighted by Crippen LogP contribution is 2.39. The quantitative estimate of drug-likeness (QED) is 0.846. The Morgan fingerprint density at radius 3 is 2.43 bits per heavy atom. The Balaban J connectivity index is 2.33. The molecule has 0 spiro atoms. The van der Waals surface area contributed by atoms with Gasteiger partial charge in [0.2, 0.25) is 0 Å². The molecule has 0 aliphatic carbocycles. The van der Waals surface area contributed by atoms with Gasteiger partial charge in [0, 0.05) is 11.8 Å². The Morgan fingerprint density at radius 2 is 1.76 bits per heavy atom. The Labute approximate surface area is 120 Å². The highest BCUT2D eigenvalue weighted by molar-refractivity contribution is 5.50.